The molecular formula is C7H12N2. The molecular weight excluding hydrogens is 112 g/mol. The van der Waals surface area contributed by atoms with Crippen molar-refractivity contribution in [1.29, 1.82) is 0 Å². The second-order valence-electron chi connectivity index (χ2n) is 2.03. The lowest BCUT2D eigenvalue weighted by Gasteiger charge is -2.10. The Labute approximate surface area is 55.6 Å². The first kappa shape index (κ1) is 6.36. The third-order valence-electron chi connectivity index (χ3n) is 1.25. The summed E-state index contributed by atoms with van der Waals surface area (Å²) >= 11 is 0. The smallest absolute Gasteiger partial charge is 0.0351 e. The van der Waals surface area contributed by atoms with Gasteiger partial charge in [0.25, 0.3) is 0 Å². The van der Waals surface area contributed by atoms with Crippen LogP contribution in [-0.4, -0.2) is 20.1 Å². The molecule has 1 heterocycles. The standard InChI is InChI=1S/C7H12N2/c1-8-6-7-4-2-3-5-9-7/h2-4,8-9H,5-6H2,1H3. The molecule has 0 aromatic carbocycles. The van der Waals surface area contributed by atoms with Gasteiger partial charge in [0, 0.05) is 18.8 Å². The number of dihydropyridines is 1. The molecule has 0 fully saturated rings. The average molecular weight is 124 g/mol. The highest BCUT2D eigenvalue weighted by Crippen LogP contribution is 1.92. The van der Waals surface area contributed by atoms with Crippen molar-refractivity contribution in [3.63, 3.8) is 0 Å². The lowest BCUT2D eigenvalue weighted by atomic mass is 10.3. The fraction of sp³-hybridized carbons (Fsp3) is 0.429. The highest BCUT2D eigenvalue weighted by molar-refractivity contribution is 5.17. The molecule has 0 saturated heterocycles. The van der Waals surface area contributed by atoms with Crippen LogP contribution < -0.4 is 10.6 Å². The van der Waals surface area contributed by atoms with E-state index in [1.807, 2.05) is 7.05 Å². The van der Waals surface area contributed by atoms with Crippen LogP contribution in [0.15, 0.2) is 23.9 Å². The maximum Gasteiger partial charge on any atom is 0.0351 e. The van der Waals surface area contributed by atoms with Gasteiger partial charge in [0.05, 0.1) is 0 Å². The van der Waals surface area contributed by atoms with Crippen LogP contribution in [-0.2, 0) is 0 Å². The zero-order chi connectivity index (χ0) is 6.53. The van der Waals surface area contributed by atoms with Crippen LogP contribution in [0, 0.1) is 0 Å². The molecule has 0 aromatic rings. The minimum absolute atomic E-state index is 0.935. The Bertz CT molecular complexity index is 136. The lowest BCUT2D eigenvalue weighted by Crippen LogP contribution is -2.24. The Hall–Kier alpha value is -0.760. The summed E-state index contributed by atoms with van der Waals surface area (Å²) < 4.78 is 0. The number of hydrogen-bond acceptors (Lipinski definition) is 2. The molecule has 1 aliphatic heterocycles. The molecule has 0 aromatic heterocycles. The molecule has 50 valence electrons. The van der Waals surface area contributed by atoms with Gasteiger partial charge in [-0.3, -0.25) is 0 Å². The van der Waals surface area contributed by atoms with Gasteiger partial charge in [-0.2, -0.15) is 0 Å². The number of likely N-dealkylation sites (N-methyl/N-ethyl adjacent to an activating group) is 1. The molecule has 2 heteroatoms. The Morgan fingerprint density at radius 3 is 3.22 bits per heavy atom. The molecule has 0 atom stereocenters. The number of nitrogens with one attached hydrogen (secondary N) is 2. The van der Waals surface area contributed by atoms with E-state index in [-0.39, 0.29) is 0 Å². The maximum absolute atomic E-state index is 3.23. The van der Waals surface area contributed by atoms with Crippen molar-refractivity contribution in [3.8, 4) is 0 Å². The van der Waals surface area contributed by atoms with Gasteiger partial charge in [-0.1, -0.05) is 12.2 Å². The molecule has 0 radical (unpaired) electrons. The van der Waals surface area contributed by atoms with E-state index >= 15 is 0 Å². The fourth-order valence-electron chi connectivity index (χ4n) is 0.813. The molecule has 1 rings (SSSR count). The van der Waals surface area contributed by atoms with Gasteiger partial charge >= 0.3 is 0 Å². The van der Waals surface area contributed by atoms with E-state index in [9.17, 15) is 0 Å². The minimum Gasteiger partial charge on any atom is -0.384 e. The van der Waals surface area contributed by atoms with Crippen molar-refractivity contribution < 1.29 is 0 Å². The number of allylic oxidation sites excluding steroid dienone is 2. The molecule has 2 N–H and O–H groups in total. The molecule has 1 aliphatic rings. The van der Waals surface area contributed by atoms with Gasteiger partial charge in [-0.25, -0.2) is 0 Å². The molecule has 0 saturated carbocycles. The van der Waals surface area contributed by atoms with E-state index in [2.05, 4.69) is 28.9 Å². The normalized spacial score (nSPS) is 16.8. The quantitative estimate of drug-likeness (QED) is 0.551. The van der Waals surface area contributed by atoms with E-state index < -0.39 is 0 Å². The molecule has 2 nitrogen and oxygen atoms in total. The van der Waals surface area contributed by atoms with Crippen LogP contribution in [0.4, 0.5) is 0 Å². The Morgan fingerprint density at radius 1 is 1.78 bits per heavy atom. The summed E-state index contributed by atoms with van der Waals surface area (Å²) in [5, 5.41) is 6.30. The summed E-state index contributed by atoms with van der Waals surface area (Å²) in [7, 11) is 1.95. The summed E-state index contributed by atoms with van der Waals surface area (Å²) in [5.41, 5.74) is 1.26. The van der Waals surface area contributed by atoms with Crippen molar-refractivity contribution in [1.82, 2.24) is 10.6 Å². The zero-order valence-electron chi connectivity index (χ0n) is 5.65. The fourth-order valence-corrected chi connectivity index (χ4v) is 0.813. The van der Waals surface area contributed by atoms with Crippen LogP contribution in [0.5, 0.6) is 0 Å². The second kappa shape index (κ2) is 3.30. The van der Waals surface area contributed by atoms with Crippen molar-refractivity contribution in [3.05, 3.63) is 23.9 Å². The van der Waals surface area contributed by atoms with Crippen LogP contribution >= 0.6 is 0 Å². The first-order valence-electron chi connectivity index (χ1n) is 3.17. The number of hydrogen-bond donors (Lipinski definition) is 2. The summed E-state index contributed by atoms with van der Waals surface area (Å²) in [6.07, 6.45) is 6.25. The predicted octanol–water partition coefficient (Wildman–Crippen LogP) is 0.249. The lowest BCUT2D eigenvalue weighted by molar-refractivity contribution is 0.776. The van der Waals surface area contributed by atoms with Crippen LogP contribution in [0.3, 0.4) is 0 Å². The van der Waals surface area contributed by atoms with Crippen molar-refractivity contribution in [2.75, 3.05) is 20.1 Å². The van der Waals surface area contributed by atoms with Crippen molar-refractivity contribution >= 4 is 0 Å². The van der Waals surface area contributed by atoms with E-state index in [4.69, 9.17) is 0 Å². The molecule has 0 aliphatic carbocycles. The van der Waals surface area contributed by atoms with Gasteiger partial charge in [-0.15, -0.1) is 0 Å². The Kier molecular flexibility index (Phi) is 2.33. The highest BCUT2D eigenvalue weighted by atomic mass is 14.9. The molecule has 0 unspecified atom stereocenters. The number of rotatable bonds is 2. The molecule has 0 spiro atoms. The third kappa shape index (κ3) is 1.90. The SMILES string of the molecule is CNCC1=CC=CCN1. The Morgan fingerprint density at radius 2 is 2.67 bits per heavy atom. The molecule has 0 bridgehead atoms. The summed E-state index contributed by atoms with van der Waals surface area (Å²) in [6, 6.07) is 0. The summed E-state index contributed by atoms with van der Waals surface area (Å²) in [6.45, 7) is 1.90. The van der Waals surface area contributed by atoms with Crippen LogP contribution in [0.1, 0.15) is 0 Å². The van der Waals surface area contributed by atoms with Gasteiger partial charge in [0.1, 0.15) is 0 Å². The second-order valence-corrected chi connectivity index (χ2v) is 2.03. The first-order valence-corrected chi connectivity index (χ1v) is 3.17. The van der Waals surface area contributed by atoms with Gasteiger partial charge < -0.3 is 10.6 Å². The van der Waals surface area contributed by atoms with Crippen LogP contribution in [0.2, 0.25) is 0 Å². The van der Waals surface area contributed by atoms with E-state index in [0.717, 1.165) is 13.1 Å². The van der Waals surface area contributed by atoms with Crippen molar-refractivity contribution in [2.45, 2.75) is 0 Å². The summed E-state index contributed by atoms with van der Waals surface area (Å²) in [4.78, 5) is 0. The van der Waals surface area contributed by atoms with Gasteiger partial charge in [0.15, 0.2) is 0 Å². The molecule has 0 amide bonds. The largest absolute Gasteiger partial charge is 0.384 e. The zero-order valence-corrected chi connectivity index (χ0v) is 5.65. The van der Waals surface area contributed by atoms with E-state index in [1.165, 1.54) is 5.70 Å². The van der Waals surface area contributed by atoms with Gasteiger partial charge in [-0.05, 0) is 13.1 Å². The topological polar surface area (TPSA) is 24.1 Å². The average Bonchev–Trinajstić information content (AvgIpc) is 1.91. The van der Waals surface area contributed by atoms with E-state index in [0.29, 0.717) is 0 Å². The molecule has 9 heavy (non-hydrogen) atoms. The third-order valence-corrected chi connectivity index (χ3v) is 1.25. The highest BCUT2D eigenvalue weighted by Gasteiger charge is 1.93. The monoisotopic (exact) mass is 124 g/mol. The van der Waals surface area contributed by atoms with Gasteiger partial charge in [0.2, 0.25) is 0 Å². The first-order chi connectivity index (χ1) is 4.43. The van der Waals surface area contributed by atoms with Crippen molar-refractivity contribution in [2.24, 2.45) is 0 Å². The van der Waals surface area contributed by atoms with Crippen LogP contribution in [0.25, 0.3) is 0 Å². The maximum atomic E-state index is 3.23. The van der Waals surface area contributed by atoms with E-state index in [1.54, 1.807) is 0 Å². The summed E-state index contributed by atoms with van der Waals surface area (Å²) in [5.74, 6) is 0. The minimum atomic E-state index is 0.935. The predicted molar refractivity (Wildman–Crippen MR) is 39.2 cm³/mol. The Balaban J connectivity index is 2.38.